The van der Waals surface area contributed by atoms with Gasteiger partial charge in [-0.2, -0.15) is 0 Å². The Hall–Kier alpha value is -3.98. The van der Waals surface area contributed by atoms with Crippen LogP contribution in [-0.2, 0) is 14.3 Å². The van der Waals surface area contributed by atoms with E-state index in [0.717, 1.165) is 96.3 Å². The van der Waals surface area contributed by atoms with Gasteiger partial charge in [0.25, 0.3) is 0 Å². The van der Waals surface area contributed by atoms with Crippen LogP contribution in [0.15, 0.2) is 139 Å². The van der Waals surface area contributed by atoms with Crippen LogP contribution in [0.25, 0.3) is 0 Å². The average Bonchev–Trinajstić information content (AvgIpc) is 3.19. The highest BCUT2D eigenvalue weighted by molar-refractivity contribution is 6.21. The molecule has 0 N–H and O–H groups in total. The Labute approximate surface area is 376 Å². The number of hydrogen-bond donors (Lipinski definition) is 0. The summed E-state index contributed by atoms with van der Waals surface area (Å²) in [4.78, 5) is 24.8. The first kappa shape index (κ1) is 55.0. The van der Waals surface area contributed by atoms with Gasteiger partial charge < -0.3 is 4.74 Å². The molecule has 0 unspecified atom stereocenters. The fraction of sp³-hybridized carbons (Fsp3) is 0.552. The molecule has 1 aliphatic carbocycles. The van der Waals surface area contributed by atoms with Crippen LogP contribution in [-0.4, -0.2) is 18.7 Å². The van der Waals surface area contributed by atoms with Crippen LogP contribution < -0.4 is 0 Å². The molecule has 0 spiro atoms. The van der Waals surface area contributed by atoms with Gasteiger partial charge in [-0.25, -0.2) is 0 Å². The lowest BCUT2D eigenvalue weighted by molar-refractivity contribution is -0.118. The van der Waals surface area contributed by atoms with Crippen molar-refractivity contribution in [2.75, 3.05) is 7.11 Å². The summed E-state index contributed by atoms with van der Waals surface area (Å²) in [6.07, 6.45) is 45.8. The summed E-state index contributed by atoms with van der Waals surface area (Å²) in [6.45, 7) is 26.4. The van der Waals surface area contributed by atoms with Gasteiger partial charge in [-0.1, -0.05) is 116 Å². The molecule has 0 bridgehead atoms. The van der Waals surface area contributed by atoms with Crippen molar-refractivity contribution in [3.63, 3.8) is 0 Å². The van der Waals surface area contributed by atoms with Crippen LogP contribution in [0.1, 0.15) is 205 Å². The van der Waals surface area contributed by atoms with Crippen LogP contribution in [0.4, 0.5) is 0 Å². The molecule has 0 fully saturated rings. The third kappa shape index (κ3) is 27.6. The molecule has 338 valence electrons. The molecule has 0 aliphatic heterocycles. The molecule has 0 radical (unpaired) electrons. The second-order valence-corrected chi connectivity index (χ2v) is 18.3. The summed E-state index contributed by atoms with van der Waals surface area (Å²) < 4.78 is 5.11. The third-order valence-electron chi connectivity index (χ3n) is 11.8. The molecule has 0 aromatic carbocycles. The van der Waals surface area contributed by atoms with E-state index in [0.29, 0.717) is 17.6 Å². The van der Waals surface area contributed by atoms with Crippen LogP contribution in [0.2, 0.25) is 0 Å². The summed E-state index contributed by atoms with van der Waals surface area (Å²) in [5, 5.41) is 0. The van der Waals surface area contributed by atoms with Gasteiger partial charge in [0.2, 0.25) is 5.78 Å². The fourth-order valence-electron chi connectivity index (χ4n) is 7.31. The lowest BCUT2D eigenvalue weighted by atomic mass is 9.91. The van der Waals surface area contributed by atoms with E-state index in [2.05, 4.69) is 137 Å². The standard InChI is InChI=1S/C58H88O3/c1-44(2)23-14-24-45(3)25-15-26-46(4)27-16-28-47(5)29-17-30-48(6)31-18-32-49(7)33-19-34-50(8)35-20-36-51(9)37-21-38-52(10)39-22-40-53(11)41-42-55-54(12)56(59)43-57(61-13)58(55)60/h23,25,27,29,31,33,35,37,39,41,43H,14-22,24,26,28,30,32,34,36,38,40,42H2,1-13H3/b45-25+,46-27+,47-29+,48-31+,49-33+,50-35+,51-37+,52-39+,53-41+. The molecule has 0 aromatic heterocycles. The van der Waals surface area contributed by atoms with E-state index in [-0.39, 0.29) is 17.3 Å². The zero-order valence-electron chi connectivity index (χ0n) is 41.5. The predicted molar refractivity (Wildman–Crippen MR) is 269 cm³/mol. The topological polar surface area (TPSA) is 43.4 Å². The van der Waals surface area contributed by atoms with Gasteiger partial charge in [0.1, 0.15) is 0 Å². The molecule has 1 aliphatic rings. The summed E-state index contributed by atoms with van der Waals surface area (Å²) in [6, 6.07) is 0. The first-order valence-electron chi connectivity index (χ1n) is 23.6. The van der Waals surface area contributed by atoms with Crippen molar-refractivity contribution >= 4 is 11.6 Å². The molecule has 0 aromatic rings. The van der Waals surface area contributed by atoms with E-state index in [9.17, 15) is 9.59 Å². The van der Waals surface area contributed by atoms with Crippen molar-refractivity contribution in [2.45, 2.75) is 205 Å². The number of ether oxygens (including phenoxy) is 1. The summed E-state index contributed by atoms with van der Waals surface area (Å²) in [7, 11) is 1.43. The second kappa shape index (κ2) is 32.7. The normalized spacial score (nSPS) is 15.9. The average molecular weight is 833 g/mol. The highest BCUT2D eigenvalue weighted by Crippen LogP contribution is 2.24. The maximum absolute atomic E-state index is 12.6. The Kier molecular flexibility index (Phi) is 29.5. The molecule has 3 nitrogen and oxygen atoms in total. The van der Waals surface area contributed by atoms with Crippen LogP contribution >= 0.6 is 0 Å². The first-order valence-corrected chi connectivity index (χ1v) is 23.6. The highest BCUT2D eigenvalue weighted by atomic mass is 16.5. The molecule has 1 rings (SSSR count). The maximum Gasteiger partial charge on any atom is 0.224 e. The van der Waals surface area contributed by atoms with E-state index in [4.69, 9.17) is 4.74 Å². The number of carbonyl (C=O) groups is 2. The fourth-order valence-corrected chi connectivity index (χ4v) is 7.31. The van der Waals surface area contributed by atoms with E-state index >= 15 is 0 Å². The SMILES string of the molecule is COC1=CC(=O)C(C)=C(C/C=C(\C)CC/C=C(\C)CC/C=C(\C)CC/C=C(\C)CC/C=C(\C)CC/C=C(\C)CC/C=C(\C)CC/C=C(\C)CC/C=C(\C)CCC=C(C)C)C1=O. The Bertz CT molecular complexity index is 1770. The monoisotopic (exact) mass is 833 g/mol. The molecule has 3 heteroatoms. The van der Waals surface area contributed by atoms with Crippen molar-refractivity contribution in [1.29, 1.82) is 0 Å². The molecular formula is C58H88O3. The second-order valence-electron chi connectivity index (χ2n) is 18.3. The van der Waals surface area contributed by atoms with Gasteiger partial charge in [-0.05, 0) is 205 Å². The number of carbonyl (C=O) groups excluding carboxylic acids is 2. The van der Waals surface area contributed by atoms with Gasteiger partial charge in [0.15, 0.2) is 11.5 Å². The van der Waals surface area contributed by atoms with E-state index in [1.165, 1.54) is 88.2 Å². The van der Waals surface area contributed by atoms with Crippen LogP contribution in [0.5, 0.6) is 0 Å². The third-order valence-corrected chi connectivity index (χ3v) is 11.8. The van der Waals surface area contributed by atoms with Crippen LogP contribution in [0.3, 0.4) is 0 Å². The summed E-state index contributed by atoms with van der Waals surface area (Å²) >= 11 is 0. The first-order chi connectivity index (χ1) is 29.0. The number of methoxy groups -OCH3 is 1. The lowest BCUT2D eigenvalue weighted by Crippen LogP contribution is -2.19. The van der Waals surface area contributed by atoms with Crippen molar-refractivity contribution < 1.29 is 14.3 Å². The largest absolute Gasteiger partial charge is 0.493 e. The number of hydrogen-bond acceptors (Lipinski definition) is 3. The summed E-state index contributed by atoms with van der Waals surface area (Å²) in [5.41, 5.74) is 15.7. The molecule has 0 atom stereocenters. The minimum Gasteiger partial charge on any atom is -0.493 e. The number of allylic oxidation sites excluding steroid dienone is 23. The van der Waals surface area contributed by atoms with Crippen molar-refractivity contribution in [1.82, 2.24) is 0 Å². The number of Topliss-reactive ketones (excluding diaryl/α,β-unsaturated/α-hetero) is 1. The molecule has 0 heterocycles. The zero-order valence-corrected chi connectivity index (χ0v) is 41.5. The maximum atomic E-state index is 12.6. The Morgan fingerprint density at radius 1 is 0.410 bits per heavy atom. The lowest BCUT2D eigenvalue weighted by Gasteiger charge is -2.15. The van der Waals surface area contributed by atoms with Gasteiger partial charge in [0, 0.05) is 17.2 Å². The van der Waals surface area contributed by atoms with Gasteiger partial charge in [0.05, 0.1) is 7.11 Å². The van der Waals surface area contributed by atoms with Gasteiger partial charge in [-0.15, -0.1) is 0 Å². The minimum absolute atomic E-state index is 0.135. The predicted octanol–water partition coefficient (Wildman–Crippen LogP) is 17.9. The quantitative estimate of drug-likeness (QED) is 0.0535. The van der Waals surface area contributed by atoms with Crippen molar-refractivity contribution in [3.05, 3.63) is 139 Å². The van der Waals surface area contributed by atoms with Gasteiger partial charge >= 0.3 is 0 Å². The molecule has 0 saturated heterocycles. The van der Waals surface area contributed by atoms with Gasteiger partial charge in [-0.3, -0.25) is 9.59 Å². The van der Waals surface area contributed by atoms with Crippen LogP contribution in [0, 0.1) is 0 Å². The number of ketones is 2. The minimum atomic E-state index is -0.178. The van der Waals surface area contributed by atoms with E-state index < -0.39 is 0 Å². The molecular weight excluding hydrogens is 745 g/mol. The highest BCUT2D eigenvalue weighted by Gasteiger charge is 2.26. The Morgan fingerprint density at radius 3 is 0.902 bits per heavy atom. The Balaban J connectivity index is 2.28. The zero-order chi connectivity index (χ0) is 45.6. The molecule has 61 heavy (non-hydrogen) atoms. The summed E-state index contributed by atoms with van der Waals surface area (Å²) in [5.74, 6) is -0.186. The smallest absolute Gasteiger partial charge is 0.224 e. The molecule has 0 amide bonds. The number of rotatable bonds is 30. The Morgan fingerprint density at radius 2 is 0.656 bits per heavy atom. The van der Waals surface area contributed by atoms with Crippen molar-refractivity contribution in [3.8, 4) is 0 Å². The van der Waals surface area contributed by atoms with E-state index in [1.54, 1.807) is 6.92 Å². The molecule has 0 saturated carbocycles. The van der Waals surface area contributed by atoms with Crippen molar-refractivity contribution in [2.24, 2.45) is 0 Å². The van der Waals surface area contributed by atoms with E-state index in [1.807, 2.05) is 0 Å².